The summed E-state index contributed by atoms with van der Waals surface area (Å²) >= 11 is 6.49. The van der Waals surface area contributed by atoms with Crippen molar-refractivity contribution in [1.29, 1.82) is 0 Å². The fraction of sp³-hybridized carbons (Fsp3) is 0. The Bertz CT molecular complexity index is 705. The van der Waals surface area contributed by atoms with Crippen molar-refractivity contribution in [2.45, 2.75) is 9.79 Å². The summed E-state index contributed by atoms with van der Waals surface area (Å²) in [6.07, 6.45) is 0. The van der Waals surface area contributed by atoms with Gasteiger partial charge in [0.05, 0.1) is 9.79 Å². The highest BCUT2D eigenvalue weighted by Gasteiger charge is 2.31. The largest absolute Gasteiger partial charge is 0.452 e. The number of fused-ring (bicyclic) bond motifs is 2. The average Bonchev–Trinajstić information content (AvgIpc) is 2.41. The smallest absolute Gasteiger partial charge is 0.205 e. The molecule has 19 heavy (non-hydrogen) atoms. The molecule has 0 amide bonds. The van der Waals surface area contributed by atoms with Crippen LogP contribution in [0.25, 0.3) is 0 Å². The summed E-state index contributed by atoms with van der Waals surface area (Å²) in [4.78, 5) is 0.00688. The minimum atomic E-state index is -1.90. The summed E-state index contributed by atoms with van der Waals surface area (Å²) < 4.78 is 58.5. The third kappa shape index (κ3) is 1.86. The molecular formula is C12H3ClF4OS. The van der Waals surface area contributed by atoms with Gasteiger partial charge in [-0.05, 0) is 12.1 Å². The molecular weight excluding hydrogens is 304 g/mol. The molecule has 1 nitrogen and oxygen atoms in total. The Morgan fingerprint density at radius 2 is 1.63 bits per heavy atom. The van der Waals surface area contributed by atoms with Gasteiger partial charge in [-0.25, -0.2) is 13.2 Å². The first kappa shape index (κ1) is 12.6. The SMILES string of the molecule is Fc1c(F)c(F)c2c(c1F)Oc1cc(Cl)ccc1S2. The van der Waals surface area contributed by atoms with Gasteiger partial charge in [0.1, 0.15) is 5.75 Å². The maximum absolute atomic E-state index is 13.6. The molecule has 1 aliphatic rings. The van der Waals surface area contributed by atoms with E-state index in [1.54, 1.807) is 0 Å². The van der Waals surface area contributed by atoms with Gasteiger partial charge in [0.15, 0.2) is 17.4 Å². The first-order valence-electron chi connectivity index (χ1n) is 5.00. The summed E-state index contributed by atoms with van der Waals surface area (Å²) in [6, 6.07) is 4.42. The van der Waals surface area contributed by atoms with Gasteiger partial charge in [0, 0.05) is 11.1 Å². The van der Waals surface area contributed by atoms with E-state index in [-0.39, 0.29) is 5.75 Å². The van der Waals surface area contributed by atoms with Crippen molar-refractivity contribution in [3.63, 3.8) is 0 Å². The van der Waals surface area contributed by atoms with Crippen LogP contribution < -0.4 is 4.74 Å². The van der Waals surface area contributed by atoms with Gasteiger partial charge < -0.3 is 4.74 Å². The van der Waals surface area contributed by atoms with Gasteiger partial charge in [-0.15, -0.1) is 0 Å². The Balaban J connectivity index is 2.23. The number of halogens is 5. The summed E-state index contributed by atoms with van der Waals surface area (Å²) in [5, 5.41) is 0.325. The number of ether oxygens (including phenoxy) is 1. The van der Waals surface area contributed by atoms with E-state index in [0.29, 0.717) is 9.92 Å². The van der Waals surface area contributed by atoms with E-state index in [2.05, 4.69) is 0 Å². The van der Waals surface area contributed by atoms with E-state index in [1.807, 2.05) is 0 Å². The van der Waals surface area contributed by atoms with Crippen molar-refractivity contribution in [1.82, 2.24) is 0 Å². The van der Waals surface area contributed by atoms with Crippen molar-refractivity contribution in [3.8, 4) is 11.5 Å². The number of benzene rings is 2. The molecule has 0 saturated heterocycles. The minimum absolute atomic E-state index is 0.161. The van der Waals surface area contributed by atoms with E-state index < -0.39 is 33.9 Å². The number of hydrogen-bond acceptors (Lipinski definition) is 2. The fourth-order valence-electron chi connectivity index (χ4n) is 1.64. The molecule has 0 unspecified atom stereocenters. The zero-order valence-electron chi connectivity index (χ0n) is 8.94. The molecule has 0 atom stereocenters. The highest BCUT2D eigenvalue weighted by molar-refractivity contribution is 7.99. The van der Waals surface area contributed by atoms with Gasteiger partial charge in [-0.2, -0.15) is 4.39 Å². The van der Waals surface area contributed by atoms with E-state index in [9.17, 15) is 17.6 Å². The number of hydrogen-bond donors (Lipinski definition) is 0. The molecule has 98 valence electrons. The van der Waals surface area contributed by atoms with E-state index in [4.69, 9.17) is 16.3 Å². The van der Waals surface area contributed by atoms with Crippen LogP contribution in [-0.2, 0) is 0 Å². The second-order valence-corrected chi connectivity index (χ2v) is 5.20. The Hall–Kier alpha value is -1.40. The Morgan fingerprint density at radius 3 is 2.37 bits per heavy atom. The number of rotatable bonds is 0. The lowest BCUT2D eigenvalue weighted by molar-refractivity contribution is 0.349. The Morgan fingerprint density at radius 1 is 0.947 bits per heavy atom. The molecule has 0 N–H and O–H groups in total. The van der Waals surface area contributed by atoms with Gasteiger partial charge in [0.2, 0.25) is 11.6 Å². The third-order valence-electron chi connectivity index (χ3n) is 2.51. The lowest BCUT2D eigenvalue weighted by Crippen LogP contribution is -2.06. The zero-order chi connectivity index (χ0) is 13.7. The van der Waals surface area contributed by atoms with Gasteiger partial charge in [-0.1, -0.05) is 23.4 Å². The molecule has 2 aromatic rings. The molecule has 0 spiro atoms. The molecule has 7 heteroatoms. The minimum Gasteiger partial charge on any atom is -0.452 e. The quantitative estimate of drug-likeness (QED) is 0.322. The average molecular weight is 307 g/mol. The van der Waals surface area contributed by atoms with Crippen molar-refractivity contribution in [2.24, 2.45) is 0 Å². The molecule has 0 bridgehead atoms. The monoisotopic (exact) mass is 306 g/mol. The zero-order valence-corrected chi connectivity index (χ0v) is 10.5. The van der Waals surface area contributed by atoms with Gasteiger partial charge >= 0.3 is 0 Å². The van der Waals surface area contributed by atoms with E-state index >= 15 is 0 Å². The molecule has 0 radical (unpaired) electrons. The summed E-state index contributed by atoms with van der Waals surface area (Å²) in [5.41, 5.74) is 0. The van der Waals surface area contributed by atoms with Crippen molar-refractivity contribution < 1.29 is 22.3 Å². The Labute approximate surface area is 114 Å². The molecule has 2 aromatic carbocycles. The molecule has 0 aromatic heterocycles. The molecule has 1 heterocycles. The van der Waals surface area contributed by atoms with E-state index in [0.717, 1.165) is 11.8 Å². The summed E-state index contributed by atoms with van der Waals surface area (Å²) in [6.45, 7) is 0. The predicted molar refractivity (Wildman–Crippen MR) is 61.9 cm³/mol. The van der Waals surface area contributed by atoms with Crippen LogP contribution in [0.4, 0.5) is 17.6 Å². The third-order valence-corrected chi connectivity index (χ3v) is 3.87. The lowest BCUT2D eigenvalue weighted by atomic mass is 10.2. The topological polar surface area (TPSA) is 9.23 Å². The summed E-state index contributed by atoms with van der Waals surface area (Å²) in [5.74, 6) is -7.30. The van der Waals surface area contributed by atoms with Crippen molar-refractivity contribution >= 4 is 23.4 Å². The second kappa shape index (κ2) is 4.31. The highest BCUT2D eigenvalue weighted by atomic mass is 35.5. The van der Waals surface area contributed by atoms with E-state index in [1.165, 1.54) is 18.2 Å². The first-order chi connectivity index (χ1) is 8.99. The van der Waals surface area contributed by atoms with Crippen LogP contribution in [0, 0.1) is 23.3 Å². The Kier molecular flexibility index (Phi) is 2.87. The maximum Gasteiger partial charge on any atom is 0.205 e. The fourth-order valence-corrected chi connectivity index (χ4v) is 2.76. The van der Waals surface area contributed by atoms with Crippen LogP contribution in [-0.4, -0.2) is 0 Å². The summed E-state index contributed by atoms with van der Waals surface area (Å²) in [7, 11) is 0. The van der Waals surface area contributed by atoms with Crippen LogP contribution in [0.5, 0.6) is 11.5 Å². The van der Waals surface area contributed by atoms with Crippen LogP contribution in [0.3, 0.4) is 0 Å². The van der Waals surface area contributed by atoms with Crippen molar-refractivity contribution in [2.75, 3.05) is 0 Å². The predicted octanol–water partition coefficient (Wildman–Crippen LogP) is 5.15. The first-order valence-corrected chi connectivity index (χ1v) is 6.19. The lowest BCUT2D eigenvalue weighted by Gasteiger charge is -2.20. The van der Waals surface area contributed by atoms with Crippen LogP contribution in [0.15, 0.2) is 28.0 Å². The maximum atomic E-state index is 13.6. The highest BCUT2D eigenvalue weighted by Crippen LogP contribution is 2.50. The molecule has 1 aliphatic heterocycles. The van der Waals surface area contributed by atoms with Crippen LogP contribution >= 0.6 is 23.4 Å². The van der Waals surface area contributed by atoms with Gasteiger partial charge in [0.25, 0.3) is 0 Å². The van der Waals surface area contributed by atoms with Gasteiger partial charge in [-0.3, -0.25) is 0 Å². The van der Waals surface area contributed by atoms with Crippen LogP contribution in [0.2, 0.25) is 5.02 Å². The van der Waals surface area contributed by atoms with Crippen molar-refractivity contribution in [3.05, 3.63) is 46.5 Å². The molecule has 0 saturated carbocycles. The molecule has 0 aliphatic carbocycles. The normalized spacial score (nSPS) is 12.7. The second-order valence-electron chi connectivity index (χ2n) is 3.71. The standard InChI is InChI=1S/C12H3ClF4OS/c13-4-1-2-6-5(3-4)18-11-9(16)7(14)8(15)10(17)12(11)19-6/h1-3H. The van der Waals surface area contributed by atoms with Crippen LogP contribution in [0.1, 0.15) is 0 Å². The molecule has 0 fully saturated rings. The molecule has 3 rings (SSSR count).